The number of hydrogen-bond acceptors (Lipinski definition) is 3. The standard InChI is InChI=1S/C13H7BrF4N2O2/c14-8-3-1-6(5-9(8)22-13(16,17)18)11-7(12(19)21)2-4-10(15)20-11/h1-5H,(H2,19,21). The number of alkyl halides is 3. The highest BCUT2D eigenvalue weighted by Gasteiger charge is 2.32. The fourth-order valence-corrected chi connectivity index (χ4v) is 2.04. The number of nitrogens with zero attached hydrogens (tertiary/aromatic N) is 1. The van der Waals surface area contributed by atoms with Crippen molar-refractivity contribution >= 4 is 21.8 Å². The first-order chi connectivity index (χ1) is 10.2. The fourth-order valence-electron chi connectivity index (χ4n) is 1.71. The van der Waals surface area contributed by atoms with Crippen molar-refractivity contribution in [3.63, 3.8) is 0 Å². The normalized spacial score (nSPS) is 11.3. The summed E-state index contributed by atoms with van der Waals surface area (Å²) < 4.78 is 54.1. The summed E-state index contributed by atoms with van der Waals surface area (Å²) in [5.74, 6) is -2.34. The summed E-state index contributed by atoms with van der Waals surface area (Å²) in [5, 5.41) is 0. The Balaban J connectivity index is 2.57. The van der Waals surface area contributed by atoms with Gasteiger partial charge in [-0.25, -0.2) is 4.98 Å². The van der Waals surface area contributed by atoms with E-state index in [1.807, 2.05) is 0 Å². The van der Waals surface area contributed by atoms with Gasteiger partial charge in [0.25, 0.3) is 5.91 Å². The largest absolute Gasteiger partial charge is 0.573 e. The van der Waals surface area contributed by atoms with E-state index < -0.39 is 24.0 Å². The zero-order chi connectivity index (χ0) is 16.5. The second-order valence-corrected chi connectivity index (χ2v) is 4.94. The van der Waals surface area contributed by atoms with Crippen LogP contribution in [0.4, 0.5) is 17.6 Å². The Kier molecular flexibility index (Phi) is 4.36. The molecule has 2 rings (SSSR count). The molecule has 9 heteroatoms. The summed E-state index contributed by atoms with van der Waals surface area (Å²) in [7, 11) is 0. The van der Waals surface area contributed by atoms with Crippen molar-refractivity contribution in [1.29, 1.82) is 0 Å². The van der Waals surface area contributed by atoms with E-state index in [4.69, 9.17) is 5.73 Å². The predicted octanol–water partition coefficient (Wildman–Crippen LogP) is 3.65. The Labute approximate surface area is 130 Å². The molecule has 1 heterocycles. The number of amides is 1. The summed E-state index contributed by atoms with van der Waals surface area (Å²) in [6.45, 7) is 0. The number of primary amides is 1. The van der Waals surface area contributed by atoms with E-state index in [-0.39, 0.29) is 21.3 Å². The molecule has 0 saturated heterocycles. The van der Waals surface area contributed by atoms with Crippen molar-refractivity contribution in [3.05, 3.63) is 46.3 Å². The van der Waals surface area contributed by atoms with Gasteiger partial charge < -0.3 is 10.5 Å². The molecular weight excluding hydrogens is 372 g/mol. The van der Waals surface area contributed by atoms with Gasteiger partial charge in [0.2, 0.25) is 5.95 Å². The number of rotatable bonds is 3. The molecule has 0 aliphatic rings. The number of benzene rings is 1. The molecule has 0 radical (unpaired) electrons. The van der Waals surface area contributed by atoms with Crippen LogP contribution in [0, 0.1) is 5.95 Å². The molecule has 1 aromatic carbocycles. The first kappa shape index (κ1) is 16.2. The van der Waals surface area contributed by atoms with E-state index in [1.54, 1.807) is 0 Å². The van der Waals surface area contributed by atoms with Crippen molar-refractivity contribution in [2.75, 3.05) is 0 Å². The lowest BCUT2D eigenvalue weighted by Gasteiger charge is -2.12. The first-order valence-corrected chi connectivity index (χ1v) is 6.48. The average molecular weight is 379 g/mol. The van der Waals surface area contributed by atoms with Crippen molar-refractivity contribution in [1.82, 2.24) is 4.98 Å². The Bertz CT molecular complexity index is 734. The van der Waals surface area contributed by atoms with Crippen LogP contribution >= 0.6 is 15.9 Å². The summed E-state index contributed by atoms with van der Waals surface area (Å²) in [6.07, 6.45) is -4.90. The molecular formula is C13H7BrF4N2O2. The minimum atomic E-state index is -4.90. The van der Waals surface area contributed by atoms with E-state index in [1.165, 1.54) is 12.1 Å². The average Bonchev–Trinajstić information content (AvgIpc) is 2.39. The van der Waals surface area contributed by atoms with E-state index >= 15 is 0 Å². The number of halogens is 5. The third kappa shape index (κ3) is 3.73. The molecule has 22 heavy (non-hydrogen) atoms. The van der Waals surface area contributed by atoms with E-state index in [9.17, 15) is 22.4 Å². The van der Waals surface area contributed by atoms with Gasteiger partial charge in [0.05, 0.1) is 15.7 Å². The van der Waals surface area contributed by atoms with Gasteiger partial charge in [-0.3, -0.25) is 4.79 Å². The Hall–Kier alpha value is -2.16. The second-order valence-electron chi connectivity index (χ2n) is 4.09. The molecule has 0 aliphatic carbocycles. The Morgan fingerprint density at radius 3 is 2.50 bits per heavy atom. The first-order valence-electron chi connectivity index (χ1n) is 5.69. The minimum absolute atomic E-state index is 0.0330. The predicted molar refractivity (Wildman–Crippen MR) is 72.5 cm³/mol. The zero-order valence-electron chi connectivity index (χ0n) is 10.6. The van der Waals surface area contributed by atoms with Crippen LogP contribution in [0.5, 0.6) is 5.75 Å². The molecule has 0 unspecified atom stereocenters. The number of ether oxygens (including phenoxy) is 1. The van der Waals surface area contributed by atoms with Gasteiger partial charge in [0.1, 0.15) is 5.75 Å². The summed E-state index contributed by atoms with van der Waals surface area (Å²) in [4.78, 5) is 14.8. The lowest BCUT2D eigenvalue weighted by atomic mass is 10.1. The molecule has 116 valence electrons. The third-order valence-corrected chi connectivity index (χ3v) is 3.21. The van der Waals surface area contributed by atoms with Crippen molar-refractivity contribution < 1.29 is 27.1 Å². The maximum Gasteiger partial charge on any atom is 0.573 e. The maximum absolute atomic E-state index is 13.3. The topological polar surface area (TPSA) is 65.2 Å². The van der Waals surface area contributed by atoms with Crippen LogP contribution in [0.2, 0.25) is 0 Å². The second kappa shape index (κ2) is 5.91. The highest BCUT2D eigenvalue weighted by molar-refractivity contribution is 9.10. The quantitative estimate of drug-likeness (QED) is 0.654. The Morgan fingerprint density at radius 1 is 1.23 bits per heavy atom. The molecule has 0 fully saturated rings. The SMILES string of the molecule is NC(=O)c1ccc(F)nc1-c1ccc(Br)c(OC(F)(F)F)c1. The molecule has 2 N–H and O–H groups in total. The lowest BCUT2D eigenvalue weighted by molar-refractivity contribution is -0.274. The zero-order valence-corrected chi connectivity index (χ0v) is 12.2. The highest BCUT2D eigenvalue weighted by Crippen LogP contribution is 2.34. The Morgan fingerprint density at radius 2 is 1.91 bits per heavy atom. The van der Waals surface area contributed by atoms with Crippen LogP contribution in [0.1, 0.15) is 10.4 Å². The summed E-state index contributed by atoms with van der Waals surface area (Å²) in [6, 6.07) is 5.61. The molecule has 0 saturated carbocycles. The van der Waals surface area contributed by atoms with Gasteiger partial charge in [0, 0.05) is 5.56 Å². The smallest absolute Gasteiger partial charge is 0.405 e. The third-order valence-electron chi connectivity index (χ3n) is 2.56. The molecule has 0 aliphatic heterocycles. The monoisotopic (exact) mass is 378 g/mol. The minimum Gasteiger partial charge on any atom is -0.405 e. The number of aromatic nitrogens is 1. The van der Waals surface area contributed by atoms with Crippen LogP contribution in [0.25, 0.3) is 11.3 Å². The van der Waals surface area contributed by atoms with Crippen molar-refractivity contribution in [3.8, 4) is 17.0 Å². The van der Waals surface area contributed by atoms with Gasteiger partial charge >= 0.3 is 6.36 Å². The maximum atomic E-state index is 13.3. The molecule has 4 nitrogen and oxygen atoms in total. The fraction of sp³-hybridized carbons (Fsp3) is 0.0769. The van der Waals surface area contributed by atoms with Gasteiger partial charge in [-0.15, -0.1) is 13.2 Å². The van der Waals surface area contributed by atoms with Gasteiger partial charge in [-0.05, 0) is 40.2 Å². The number of pyridine rings is 1. The highest BCUT2D eigenvalue weighted by atomic mass is 79.9. The van der Waals surface area contributed by atoms with Gasteiger partial charge in [-0.2, -0.15) is 4.39 Å². The van der Waals surface area contributed by atoms with E-state index in [0.717, 1.165) is 18.2 Å². The molecule has 2 aromatic rings. The molecule has 0 atom stereocenters. The van der Waals surface area contributed by atoms with Gasteiger partial charge in [0.15, 0.2) is 0 Å². The number of carbonyl (C=O) groups is 1. The molecule has 0 bridgehead atoms. The summed E-state index contributed by atoms with van der Waals surface area (Å²) >= 11 is 2.91. The van der Waals surface area contributed by atoms with Crippen LogP contribution in [0.3, 0.4) is 0 Å². The lowest BCUT2D eigenvalue weighted by Crippen LogP contribution is -2.17. The van der Waals surface area contributed by atoms with Crippen LogP contribution in [-0.2, 0) is 0 Å². The van der Waals surface area contributed by atoms with Crippen LogP contribution in [-0.4, -0.2) is 17.3 Å². The molecule has 0 spiro atoms. The van der Waals surface area contributed by atoms with Crippen LogP contribution in [0.15, 0.2) is 34.8 Å². The molecule has 1 amide bonds. The summed E-state index contributed by atoms with van der Waals surface area (Å²) in [5.41, 5.74) is 4.90. The van der Waals surface area contributed by atoms with Crippen molar-refractivity contribution in [2.45, 2.75) is 6.36 Å². The van der Waals surface area contributed by atoms with E-state index in [2.05, 4.69) is 25.7 Å². The van der Waals surface area contributed by atoms with E-state index in [0.29, 0.717) is 0 Å². The van der Waals surface area contributed by atoms with Crippen molar-refractivity contribution in [2.24, 2.45) is 5.73 Å². The molecule has 1 aromatic heterocycles. The number of carbonyl (C=O) groups excluding carboxylic acids is 1. The van der Waals surface area contributed by atoms with Gasteiger partial charge in [-0.1, -0.05) is 6.07 Å². The number of hydrogen-bond donors (Lipinski definition) is 1. The van der Waals surface area contributed by atoms with Crippen LogP contribution < -0.4 is 10.5 Å². The number of nitrogens with two attached hydrogens (primary N) is 1.